The fourth-order valence-corrected chi connectivity index (χ4v) is 5.23. The predicted octanol–water partition coefficient (Wildman–Crippen LogP) is 4.83. The highest BCUT2D eigenvalue weighted by atomic mass is 16.6. The van der Waals surface area contributed by atoms with Gasteiger partial charge < -0.3 is 9.64 Å². The van der Waals surface area contributed by atoms with Crippen molar-refractivity contribution in [1.29, 1.82) is 0 Å². The summed E-state index contributed by atoms with van der Waals surface area (Å²) in [5.41, 5.74) is 2.70. The van der Waals surface area contributed by atoms with Crippen LogP contribution < -0.4 is 0 Å². The zero-order chi connectivity index (χ0) is 21.6. The molecule has 1 amide bonds. The summed E-state index contributed by atoms with van der Waals surface area (Å²) in [4.78, 5) is 19.4. The minimum absolute atomic E-state index is 0.179. The Kier molecular flexibility index (Phi) is 4.95. The lowest BCUT2D eigenvalue weighted by atomic mass is 9.82. The van der Waals surface area contributed by atoms with Gasteiger partial charge in [0.2, 0.25) is 0 Å². The number of piperidine rings is 1. The van der Waals surface area contributed by atoms with Gasteiger partial charge in [-0.15, -0.1) is 0 Å². The molecular weight excluding hydrogens is 388 g/mol. The summed E-state index contributed by atoms with van der Waals surface area (Å²) in [6.07, 6.45) is 4.99. The molecule has 1 saturated heterocycles. The number of nitrogens with zero attached hydrogens (tertiary/aromatic N) is 4. The van der Waals surface area contributed by atoms with Crippen LogP contribution in [-0.2, 0) is 11.2 Å². The maximum absolute atomic E-state index is 12.6. The van der Waals surface area contributed by atoms with Crippen LogP contribution in [0.3, 0.4) is 0 Å². The Labute approximate surface area is 183 Å². The Balaban J connectivity index is 1.34. The molecule has 1 unspecified atom stereocenters. The van der Waals surface area contributed by atoms with E-state index < -0.39 is 5.60 Å². The molecular formula is C25H30N4O2. The van der Waals surface area contributed by atoms with Crippen LogP contribution in [0.5, 0.6) is 0 Å². The maximum atomic E-state index is 12.6. The van der Waals surface area contributed by atoms with Crippen LogP contribution in [0.2, 0.25) is 0 Å². The average Bonchev–Trinajstić information content (AvgIpc) is 3.23. The molecule has 2 aliphatic rings. The average molecular weight is 419 g/mol. The van der Waals surface area contributed by atoms with Crippen LogP contribution in [0.25, 0.3) is 16.8 Å². The SMILES string of the molecule is CC(C)(C)OC(=O)N1C[C@H]2CC[C@@H](C1)C2Cc1nc2c(-c3ccccc3)cccn2n1. The molecule has 162 valence electrons. The number of benzene rings is 1. The van der Waals surface area contributed by atoms with Crippen LogP contribution in [0.1, 0.15) is 39.4 Å². The Morgan fingerprint density at radius 3 is 2.45 bits per heavy atom. The molecule has 5 rings (SSSR count). The second kappa shape index (κ2) is 7.66. The van der Waals surface area contributed by atoms with Gasteiger partial charge >= 0.3 is 6.09 Å². The lowest BCUT2D eigenvalue weighted by molar-refractivity contribution is 0.00787. The molecule has 2 bridgehead atoms. The number of ether oxygens (including phenoxy) is 1. The monoisotopic (exact) mass is 418 g/mol. The van der Waals surface area contributed by atoms with E-state index >= 15 is 0 Å². The van der Waals surface area contributed by atoms with Crippen LogP contribution in [0, 0.1) is 17.8 Å². The number of hydrogen-bond acceptors (Lipinski definition) is 4. The van der Waals surface area contributed by atoms with Gasteiger partial charge in [0.15, 0.2) is 11.5 Å². The number of rotatable bonds is 3. The van der Waals surface area contributed by atoms with Crippen LogP contribution >= 0.6 is 0 Å². The van der Waals surface area contributed by atoms with Crippen LogP contribution in [0.4, 0.5) is 4.79 Å². The third kappa shape index (κ3) is 4.03. The van der Waals surface area contributed by atoms with Crippen molar-refractivity contribution >= 4 is 11.7 Å². The highest BCUT2D eigenvalue weighted by Crippen LogP contribution is 2.43. The second-order valence-corrected chi connectivity index (χ2v) is 9.93. The third-order valence-electron chi connectivity index (χ3n) is 6.59. The van der Waals surface area contributed by atoms with E-state index in [1.165, 1.54) is 0 Å². The minimum atomic E-state index is -0.454. The van der Waals surface area contributed by atoms with E-state index in [1.807, 2.05) is 60.6 Å². The van der Waals surface area contributed by atoms with Gasteiger partial charge in [0.1, 0.15) is 5.60 Å². The van der Waals surface area contributed by atoms with E-state index in [0.29, 0.717) is 17.8 Å². The quantitative estimate of drug-likeness (QED) is 0.611. The van der Waals surface area contributed by atoms with Gasteiger partial charge in [-0.2, -0.15) is 5.10 Å². The standard InChI is InChI=1S/C25H30N4O2/c1-25(2,3)31-24(30)28-15-18-11-12-19(16-28)21(18)14-22-26-23-20(10-7-13-29(23)27-22)17-8-5-4-6-9-17/h4-10,13,18-19,21H,11-12,14-16H2,1-3H3/t18-,19+,21?. The normalized spacial score (nSPS) is 23.3. The molecule has 2 fully saturated rings. The van der Waals surface area contributed by atoms with Gasteiger partial charge in [-0.05, 0) is 69.1 Å². The molecule has 3 atom stereocenters. The lowest BCUT2D eigenvalue weighted by Gasteiger charge is -2.38. The van der Waals surface area contributed by atoms with Crippen molar-refractivity contribution in [3.63, 3.8) is 0 Å². The first kappa shape index (κ1) is 20.0. The van der Waals surface area contributed by atoms with E-state index in [-0.39, 0.29) is 6.09 Å². The van der Waals surface area contributed by atoms with E-state index in [1.54, 1.807) is 0 Å². The van der Waals surface area contributed by atoms with Gasteiger partial charge in [-0.3, -0.25) is 0 Å². The smallest absolute Gasteiger partial charge is 0.410 e. The Bertz CT molecular complexity index is 1070. The van der Waals surface area contributed by atoms with Gasteiger partial charge in [0.25, 0.3) is 0 Å². The number of aromatic nitrogens is 3. The fraction of sp³-hybridized carbons (Fsp3) is 0.480. The molecule has 3 aromatic rings. The Morgan fingerprint density at radius 2 is 1.77 bits per heavy atom. The highest BCUT2D eigenvalue weighted by molar-refractivity contribution is 5.77. The molecule has 0 radical (unpaired) electrons. The molecule has 1 saturated carbocycles. The molecule has 0 N–H and O–H groups in total. The number of carbonyl (C=O) groups excluding carboxylic acids is 1. The molecule has 31 heavy (non-hydrogen) atoms. The van der Waals surface area contributed by atoms with Gasteiger partial charge in [-0.25, -0.2) is 14.3 Å². The first-order valence-electron chi connectivity index (χ1n) is 11.2. The van der Waals surface area contributed by atoms with Crippen molar-refractivity contribution in [2.75, 3.05) is 13.1 Å². The van der Waals surface area contributed by atoms with Gasteiger partial charge in [0, 0.05) is 31.3 Å². The summed E-state index contributed by atoms with van der Waals surface area (Å²) >= 11 is 0. The summed E-state index contributed by atoms with van der Waals surface area (Å²) in [5.74, 6) is 2.41. The molecule has 2 aromatic heterocycles. The molecule has 1 aliphatic heterocycles. The Hall–Kier alpha value is -2.89. The van der Waals surface area contributed by atoms with E-state index in [0.717, 1.165) is 55.0 Å². The summed E-state index contributed by atoms with van der Waals surface area (Å²) < 4.78 is 7.51. The lowest BCUT2D eigenvalue weighted by Crippen LogP contribution is -2.47. The van der Waals surface area contributed by atoms with Crippen molar-refractivity contribution < 1.29 is 9.53 Å². The summed E-state index contributed by atoms with van der Waals surface area (Å²) in [6, 6.07) is 14.5. The zero-order valence-corrected chi connectivity index (χ0v) is 18.5. The van der Waals surface area contributed by atoms with Crippen molar-refractivity contribution in [1.82, 2.24) is 19.5 Å². The van der Waals surface area contributed by atoms with Crippen molar-refractivity contribution in [3.8, 4) is 11.1 Å². The largest absolute Gasteiger partial charge is 0.444 e. The van der Waals surface area contributed by atoms with Crippen molar-refractivity contribution in [2.45, 2.75) is 45.6 Å². The Morgan fingerprint density at radius 1 is 1.06 bits per heavy atom. The van der Waals surface area contributed by atoms with E-state index in [9.17, 15) is 4.79 Å². The molecule has 6 nitrogen and oxygen atoms in total. The fourth-order valence-electron chi connectivity index (χ4n) is 5.23. The third-order valence-corrected chi connectivity index (χ3v) is 6.59. The summed E-state index contributed by atoms with van der Waals surface area (Å²) in [6.45, 7) is 7.32. The maximum Gasteiger partial charge on any atom is 0.410 e. The molecule has 0 spiro atoms. The number of likely N-dealkylation sites (tertiary alicyclic amines) is 1. The van der Waals surface area contributed by atoms with E-state index in [2.05, 4.69) is 18.2 Å². The second-order valence-electron chi connectivity index (χ2n) is 9.93. The zero-order valence-electron chi connectivity index (χ0n) is 18.5. The van der Waals surface area contributed by atoms with Crippen molar-refractivity contribution in [3.05, 3.63) is 54.5 Å². The predicted molar refractivity (Wildman–Crippen MR) is 120 cm³/mol. The topological polar surface area (TPSA) is 59.7 Å². The first-order chi connectivity index (χ1) is 14.9. The molecule has 1 aliphatic carbocycles. The van der Waals surface area contributed by atoms with Crippen LogP contribution in [-0.4, -0.2) is 44.3 Å². The minimum Gasteiger partial charge on any atom is -0.444 e. The molecule has 3 heterocycles. The molecule has 1 aromatic carbocycles. The summed E-state index contributed by atoms with van der Waals surface area (Å²) in [7, 11) is 0. The number of fused-ring (bicyclic) bond motifs is 3. The number of carbonyl (C=O) groups is 1. The molecule has 6 heteroatoms. The number of pyridine rings is 1. The first-order valence-corrected chi connectivity index (χ1v) is 11.2. The van der Waals surface area contributed by atoms with Gasteiger partial charge in [-0.1, -0.05) is 30.3 Å². The van der Waals surface area contributed by atoms with Crippen molar-refractivity contribution in [2.24, 2.45) is 17.8 Å². The summed E-state index contributed by atoms with van der Waals surface area (Å²) in [5, 5.41) is 4.79. The number of hydrogen-bond donors (Lipinski definition) is 0. The van der Waals surface area contributed by atoms with E-state index in [4.69, 9.17) is 14.8 Å². The highest BCUT2D eigenvalue weighted by Gasteiger charge is 2.44. The number of amides is 1. The van der Waals surface area contributed by atoms with Gasteiger partial charge in [0.05, 0.1) is 0 Å². The van der Waals surface area contributed by atoms with Crippen LogP contribution in [0.15, 0.2) is 48.7 Å².